The first-order valence-corrected chi connectivity index (χ1v) is 7.90. The Morgan fingerprint density at radius 3 is 2.65 bits per heavy atom. The van der Waals surface area contributed by atoms with E-state index in [0.717, 1.165) is 25.1 Å². The summed E-state index contributed by atoms with van der Waals surface area (Å²) in [5.74, 6) is 0.267. The number of rotatable bonds is 4. The number of nitriles is 1. The average Bonchev–Trinajstić information content (AvgIpc) is 2.52. The molecule has 0 unspecified atom stereocenters. The normalized spacial score (nSPS) is 20.7. The van der Waals surface area contributed by atoms with Gasteiger partial charge in [-0.3, -0.25) is 4.79 Å². The zero-order valence-electron chi connectivity index (χ0n) is 13.6. The third-order valence-electron chi connectivity index (χ3n) is 3.99. The van der Waals surface area contributed by atoms with Crippen molar-refractivity contribution < 1.29 is 14.3 Å². The van der Waals surface area contributed by atoms with Gasteiger partial charge in [-0.25, -0.2) is 4.79 Å². The molecule has 0 bridgehead atoms. The van der Waals surface area contributed by atoms with E-state index in [9.17, 15) is 9.59 Å². The molecule has 1 aromatic rings. The van der Waals surface area contributed by atoms with Crippen LogP contribution in [0.4, 0.5) is 0 Å². The van der Waals surface area contributed by atoms with Crippen molar-refractivity contribution in [3.63, 3.8) is 0 Å². The van der Waals surface area contributed by atoms with Gasteiger partial charge in [0.2, 0.25) is 0 Å². The Morgan fingerprint density at radius 2 is 2.00 bits per heavy atom. The molecule has 0 spiro atoms. The second-order valence-electron chi connectivity index (χ2n) is 6.36. The summed E-state index contributed by atoms with van der Waals surface area (Å²) in [5.41, 5.74) is 1.12. The maximum absolute atomic E-state index is 12.2. The van der Waals surface area contributed by atoms with Crippen molar-refractivity contribution in [1.82, 2.24) is 4.90 Å². The number of hydrogen-bond acceptors (Lipinski definition) is 4. The highest BCUT2D eigenvalue weighted by molar-refractivity contribution is 5.91. The predicted octanol–water partition coefficient (Wildman–Crippen LogP) is 2.41. The Labute approximate surface area is 136 Å². The lowest BCUT2D eigenvalue weighted by Crippen LogP contribution is -2.44. The number of carbonyl (C=O) groups excluding carboxylic acids is 2. The zero-order chi connectivity index (χ0) is 16.8. The van der Waals surface area contributed by atoms with E-state index in [2.05, 4.69) is 13.8 Å². The topological polar surface area (TPSA) is 70.4 Å². The molecular weight excluding hydrogens is 292 g/mol. The van der Waals surface area contributed by atoms with Gasteiger partial charge in [-0.05, 0) is 36.0 Å². The van der Waals surface area contributed by atoms with Crippen molar-refractivity contribution in [2.75, 3.05) is 19.7 Å². The third kappa shape index (κ3) is 4.82. The Kier molecular flexibility index (Phi) is 5.75. The van der Waals surface area contributed by atoms with E-state index < -0.39 is 5.97 Å². The highest BCUT2D eigenvalue weighted by Gasteiger charge is 2.26. The van der Waals surface area contributed by atoms with Crippen molar-refractivity contribution in [2.45, 2.75) is 26.7 Å². The zero-order valence-corrected chi connectivity index (χ0v) is 13.6. The van der Waals surface area contributed by atoms with E-state index in [1.165, 1.54) is 0 Å². The van der Waals surface area contributed by atoms with Gasteiger partial charge in [0.25, 0.3) is 5.91 Å². The highest BCUT2D eigenvalue weighted by atomic mass is 16.5. The summed E-state index contributed by atoms with van der Waals surface area (Å²) in [6.45, 7) is 5.46. The van der Waals surface area contributed by atoms with Crippen LogP contribution in [0.15, 0.2) is 24.3 Å². The molecule has 5 nitrogen and oxygen atoms in total. The summed E-state index contributed by atoms with van der Waals surface area (Å²) in [6.07, 6.45) is 1.36. The molecule has 122 valence electrons. The second kappa shape index (κ2) is 7.77. The summed E-state index contributed by atoms with van der Waals surface area (Å²) in [4.78, 5) is 26.0. The fourth-order valence-corrected chi connectivity index (χ4v) is 3.07. The molecule has 1 saturated heterocycles. The van der Waals surface area contributed by atoms with Crippen LogP contribution in [0, 0.1) is 23.2 Å². The number of carbonyl (C=O) groups is 2. The minimum absolute atomic E-state index is 0.148. The summed E-state index contributed by atoms with van der Waals surface area (Å²) in [6, 6.07) is 8.78. The van der Waals surface area contributed by atoms with Gasteiger partial charge >= 0.3 is 5.97 Å². The van der Waals surface area contributed by atoms with Gasteiger partial charge in [0.05, 0.1) is 18.1 Å². The highest BCUT2D eigenvalue weighted by Crippen LogP contribution is 2.21. The fourth-order valence-electron chi connectivity index (χ4n) is 3.07. The van der Waals surface area contributed by atoms with Gasteiger partial charge in [0.1, 0.15) is 0 Å². The Bertz CT molecular complexity index is 611. The Morgan fingerprint density at radius 1 is 1.30 bits per heavy atom. The van der Waals surface area contributed by atoms with E-state index in [4.69, 9.17) is 10.00 Å². The van der Waals surface area contributed by atoms with E-state index >= 15 is 0 Å². The lowest BCUT2D eigenvalue weighted by atomic mass is 9.92. The molecule has 1 aliphatic heterocycles. The molecule has 2 atom stereocenters. The van der Waals surface area contributed by atoms with Crippen LogP contribution < -0.4 is 0 Å². The van der Waals surface area contributed by atoms with Crippen LogP contribution in [-0.4, -0.2) is 36.5 Å². The minimum Gasteiger partial charge on any atom is -0.452 e. The van der Waals surface area contributed by atoms with E-state index in [1.54, 1.807) is 29.2 Å². The first-order valence-electron chi connectivity index (χ1n) is 7.90. The van der Waals surface area contributed by atoms with Crippen LogP contribution in [0.25, 0.3) is 0 Å². The van der Waals surface area contributed by atoms with Crippen LogP contribution >= 0.6 is 0 Å². The largest absolute Gasteiger partial charge is 0.452 e. The maximum Gasteiger partial charge on any atom is 0.338 e. The molecular formula is C18H22N2O3. The SMILES string of the molecule is C[C@@H]1C[C@H](C)CN(C(=O)COC(=O)c2cccc(CC#N)c2)C1. The van der Waals surface area contributed by atoms with Gasteiger partial charge in [-0.2, -0.15) is 5.26 Å². The van der Waals surface area contributed by atoms with Gasteiger partial charge in [-0.15, -0.1) is 0 Å². The number of piperidine rings is 1. The summed E-state index contributed by atoms with van der Waals surface area (Å²) in [5, 5.41) is 8.70. The molecule has 1 heterocycles. The van der Waals surface area contributed by atoms with Gasteiger partial charge in [0.15, 0.2) is 6.61 Å². The molecule has 1 aromatic carbocycles. The van der Waals surface area contributed by atoms with Crippen LogP contribution in [-0.2, 0) is 16.0 Å². The van der Waals surface area contributed by atoms with Crippen LogP contribution in [0.2, 0.25) is 0 Å². The Hall–Kier alpha value is -2.35. The summed E-state index contributed by atoms with van der Waals surface area (Å²) >= 11 is 0. The number of hydrogen-bond donors (Lipinski definition) is 0. The molecule has 1 fully saturated rings. The van der Waals surface area contributed by atoms with Gasteiger partial charge < -0.3 is 9.64 Å². The lowest BCUT2D eigenvalue weighted by Gasteiger charge is -2.34. The molecule has 1 aliphatic rings. The molecule has 0 aliphatic carbocycles. The standard InChI is InChI=1S/C18H22N2O3/c1-13-8-14(2)11-20(10-13)17(21)12-23-18(22)16-5-3-4-15(9-16)6-7-19/h3-5,9,13-14H,6,8,10-12H2,1-2H3/t13-,14+. The number of amides is 1. The van der Waals surface area contributed by atoms with E-state index in [1.807, 2.05) is 6.07 Å². The summed E-state index contributed by atoms with van der Waals surface area (Å²) in [7, 11) is 0. The third-order valence-corrected chi connectivity index (χ3v) is 3.99. The lowest BCUT2D eigenvalue weighted by molar-refractivity contribution is -0.137. The molecule has 1 amide bonds. The maximum atomic E-state index is 12.2. The molecule has 0 radical (unpaired) electrons. The molecule has 5 heteroatoms. The quantitative estimate of drug-likeness (QED) is 0.800. The van der Waals surface area contributed by atoms with Crippen LogP contribution in [0.1, 0.15) is 36.2 Å². The van der Waals surface area contributed by atoms with Gasteiger partial charge in [0, 0.05) is 13.1 Å². The van der Waals surface area contributed by atoms with Crippen LogP contribution in [0.3, 0.4) is 0 Å². The second-order valence-corrected chi connectivity index (χ2v) is 6.36. The number of likely N-dealkylation sites (tertiary alicyclic amines) is 1. The first kappa shape index (κ1) is 17.0. The average molecular weight is 314 g/mol. The predicted molar refractivity (Wildman–Crippen MR) is 85.6 cm³/mol. The molecule has 23 heavy (non-hydrogen) atoms. The number of esters is 1. The molecule has 0 aromatic heterocycles. The monoisotopic (exact) mass is 314 g/mol. The number of benzene rings is 1. The summed E-state index contributed by atoms with van der Waals surface area (Å²) < 4.78 is 5.13. The minimum atomic E-state index is -0.531. The molecule has 2 rings (SSSR count). The van der Waals surface area contributed by atoms with Gasteiger partial charge in [-0.1, -0.05) is 26.0 Å². The smallest absolute Gasteiger partial charge is 0.338 e. The molecule has 0 saturated carbocycles. The molecule has 0 N–H and O–H groups in total. The van der Waals surface area contributed by atoms with E-state index in [-0.39, 0.29) is 18.9 Å². The number of nitrogens with zero attached hydrogens (tertiary/aromatic N) is 2. The van der Waals surface area contributed by atoms with Crippen molar-refractivity contribution in [3.05, 3.63) is 35.4 Å². The number of ether oxygens (including phenoxy) is 1. The van der Waals surface area contributed by atoms with Crippen molar-refractivity contribution in [3.8, 4) is 6.07 Å². The van der Waals surface area contributed by atoms with Crippen molar-refractivity contribution >= 4 is 11.9 Å². The van der Waals surface area contributed by atoms with Crippen LogP contribution in [0.5, 0.6) is 0 Å². The van der Waals surface area contributed by atoms with Crippen molar-refractivity contribution in [2.24, 2.45) is 11.8 Å². The van der Waals surface area contributed by atoms with Crippen molar-refractivity contribution in [1.29, 1.82) is 5.26 Å². The fraction of sp³-hybridized carbons (Fsp3) is 0.500. The Balaban J connectivity index is 1.90. The van der Waals surface area contributed by atoms with E-state index in [0.29, 0.717) is 17.4 Å². The first-order chi connectivity index (χ1) is 11.0.